The van der Waals surface area contributed by atoms with Gasteiger partial charge in [0.25, 0.3) is 0 Å². The van der Waals surface area contributed by atoms with Gasteiger partial charge in [0.1, 0.15) is 0 Å². The van der Waals surface area contributed by atoms with E-state index in [2.05, 4.69) is 17.5 Å². The third-order valence-electron chi connectivity index (χ3n) is 1.84. The molecule has 0 aliphatic rings. The first-order valence-corrected chi connectivity index (χ1v) is 5.52. The van der Waals surface area contributed by atoms with Gasteiger partial charge in [-0.1, -0.05) is 12.2 Å². The summed E-state index contributed by atoms with van der Waals surface area (Å²) in [5.74, 6) is 0.143. The second kappa shape index (κ2) is 5.73. The first-order chi connectivity index (χ1) is 6.74. The Hall–Kier alpha value is -0.930. The van der Waals surface area contributed by atoms with Crippen LogP contribution in [-0.2, 0) is 0 Å². The Bertz CT molecular complexity index is 328. The average molecular weight is 209 g/mol. The van der Waals surface area contributed by atoms with E-state index < -0.39 is 0 Å². The van der Waals surface area contributed by atoms with Crippen LogP contribution in [-0.4, -0.2) is 19.4 Å². The molecule has 3 heteroatoms. The zero-order chi connectivity index (χ0) is 10.4. The highest BCUT2D eigenvalue weighted by molar-refractivity contribution is 7.12. The third kappa shape index (κ3) is 3.44. The van der Waals surface area contributed by atoms with Crippen LogP contribution in [0.2, 0.25) is 0 Å². The standard InChI is InChI=1S/C11H15NOS/c1-9(13)11-7-10(8-14-11)5-3-4-6-12-2/h3,5,7-8,12H,4,6H2,1-2H3. The summed E-state index contributed by atoms with van der Waals surface area (Å²) >= 11 is 1.51. The molecule has 0 aromatic carbocycles. The Balaban J connectivity index is 2.51. The van der Waals surface area contributed by atoms with Crippen molar-refractivity contribution in [2.45, 2.75) is 13.3 Å². The van der Waals surface area contributed by atoms with Crippen molar-refractivity contribution in [3.63, 3.8) is 0 Å². The average Bonchev–Trinajstić information content (AvgIpc) is 2.61. The van der Waals surface area contributed by atoms with Crippen molar-refractivity contribution in [1.82, 2.24) is 5.32 Å². The number of rotatable bonds is 5. The zero-order valence-electron chi connectivity index (χ0n) is 8.54. The molecule has 1 N–H and O–H groups in total. The molecule has 76 valence electrons. The molecule has 0 bridgehead atoms. The summed E-state index contributed by atoms with van der Waals surface area (Å²) in [6, 6.07) is 1.93. The van der Waals surface area contributed by atoms with E-state index in [9.17, 15) is 4.79 Å². The lowest BCUT2D eigenvalue weighted by Gasteiger charge is -1.90. The van der Waals surface area contributed by atoms with Crippen molar-refractivity contribution >= 4 is 23.2 Å². The van der Waals surface area contributed by atoms with E-state index in [1.807, 2.05) is 18.5 Å². The van der Waals surface area contributed by atoms with Gasteiger partial charge in [-0.3, -0.25) is 4.79 Å². The highest BCUT2D eigenvalue weighted by Crippen LogP contribution is 2.16. The van der Waals surface area contributed by atoms with Gasteiger partial charge in [0.2, 0.25) is 0 Å². The Morgan fingerprint density at radius 1 is 1.64 bits per heavy atom. The van der Waals surface area contributed by atoms with Crippen molar-refractivity contribution in [1.29, 1.82) is 0 Å². The van der Waals surface area contributed by atoms with Crippen LogP contribution in [0.15, 0.2) is 17.5 Å². The molecule has 1 aromatic rings. The van der Waals surface area contributed by atoms with Crippen molar-refractivity contribution in [3.05, 3.63) is 28.0 Å². The Kier molecular flexibility index (Phi) is 4.56. The van der Waals surface area contributed by atoms with Crippen LogP contribution in [0.3, 0.4) is 0 Å². The fourth-order valence-corrected chi connectivity index (χ4v) is 1.85. The molecule has 0 spiro atoms. The number of ketones is 1. The Morgan fingerprint density at radius 2 is 2.43 bits per heavy atom. The molecular weight excluding hydrogens is 194 g/mol. The molecule has 1 rings (SSSR count). The van der Waals surface area contributed by atoms with E-state index >= 15 is 0 Å². The van der Waals surface area contributed by atoms with Gasteiger partial charge in [0.15, 0.2) is 5.78 Å². The molecule has 0 atom stereocenters. The van der Waals surface area contributed by atoms with Gasteiger partial charge in [-0.05, 0) is 43.9 Å². The minimum Gasteiger partial charge on any atom is -0.319 e. The fraction of sp³-hybridized carbons (Fsp3) is 0.364. The van der Waals surface area contributed by atoms with Gasteiger partial charge < -0.3 is 5.32 Å². The van der Waals surface area contributed by atoms with Crippen LogP contribution >= 0.6 is 11.3 Å². The smallest absolute Gasteiger partial charge is 0.169 e. The lowest BCUT2D eigenvalue weighted by atomic mass is 10.2. The highest BCUT2D eigenvalue weighted by atomic mass is 32.1. The van der Waals surface area contributed by atoms with E-state index in [0.29, 0.717) is 0 Å². The van der Waals surface area contributed by atoms with Gasteiger partial charge in [-0.2, -0.15) is 0 Å². The van der Waals surface area contributed by atoms with E-state index in [4.69, 9.17) is 0 Å². The second-order valence-corrected chi connectivity index (χ2v) is 4.01. The fourth-order valence-electron chi connectivity index (χ4n) is 1.07. The minimum atomic E-state index is 0.143. The first kappa shape index (κ1) is 11.1. The van der Waals surface area contributed by atoms with Crippen LogP contribution in [0.5, 0.6) is 0 Å². The van der Waals surface area contributed by atoms with E-state index in [0.717, 1.165) is 23.4 Å². The molecular formula is C11H15NOS. The molecule has 14 heavy (non-hydrogen) atoms. The highest BCUT2D eigenvalue weighted by Gasteiger charge is 2.00. The summed E-state index contributed by atoms with van der Waals surface area (Å²) in [7, 11) is 1.94. The number of thiophene rings is 1. The summed E-state index contributed by atoms with van der Waals surface area (Å²) in [6.45, 7) is 2.58. The topological polar surface area (TPSA) is 29.1 Å². The molecule has 0 aliphatic carbocycles. The molecule has 0 saturated carbocycles. The number of Topliss-reactive ketones (excluding diaryl/α,β-unsaturated/α-hetero) is 1. The van der Waals surface area contributed by atoms with Crippen LogP contribution in [0.25, 0.3) is 6.08 Å². The predicted octanol–water partition coefficient (Wildman–Crippen LogP) is 2.57. The van der Waals surface area contributed by atoms with Gasteiger partial charge in [-0.15, -0.1) is 11.3 Å². The number of carbonyl (C=O) groups is 1. The molecule has 2 nitrogen and oxygen atoms in total. The molecule has 0 amide bonds. The number of nitrogens with one attached hydrogen (secondary N) is 1. The van der Waals surface area contributed by atoms with E-state index in [1.165, 1.54) is 11.3 Å². The van der Waals surface area contributed by atoms with Gasteiger partial charge in [-0.25, -0.2) is 0 Å². The quantitative estimate of drug-likeness (QED) is 0.596. The van der Waals surface area contributed by atoms with Gasteiger partial charge in [0, 0.05) is 0 Å². The van der Waals surface area contributed by atoms with Crippen molar-refractivity contribution in [2.75, 3.05) is 13.6 Å². The zero-order valence-corrected chi connectivity index (χ0v) is 9.36. The van der Waals surface area contributed by atoms with Gasteiger partial charge in [0.05, 0.1) is 4.88 Å². The van der Waals surface area contributed by atoms with Crippen molar-refractivity contribution < 1.29 is 4.79 Å². The maximum absolute atomic E-state index is 11.0. The largest absolute Gasteiger partial charge is 0.319 e. The predicted molar refractivity (Wildman–Crippen MR) is 61.9 cm³/mol. The lowest BCUT2D eigenvalue weighted by molar-refractivity contribution is 0.102. The SMILES string of the molecule is CNCCC=Cc1csc(C(C)=O)c1. The van der Waals surface area contributed by atoms with Crippen molar-refractivity contribution in [2.24, 2.45) is 0 Å². The Labute approximate surface area is 88.6 Å². The van der Waals surface area contributed by atoms with Gasteiger partial charge >= 0.3 is 0 Å². The summed E-state index contributed by atoms with van der Waals surface area (Å²) in [4.78, 5) is 11.8. The second-order valence-electron chi connectivity index (χ2n) is 3.10. The van der Waals surface area contributed by atoms with Crippen LogP contribution in [0, 0.1) is 0 Å². The van der Waals surface area contributed by atoms with Crippen LogP contribution in [0.1, 0.15) is 28.6 Å². The molecule has 1 heterocycles. The molecule has 0 fully saturated rings. The summed E-state index contributed by atoms with van der Waals surface area (Å²) in [5.41, 5.74) is 1.12. The normalized spacial score (nSPS) is 11.0. The Morgan fingerprint density at radius 3 is 3.00 bits per heavy atom. The maximum atomic E-state index is 11.0. The molecule has 0 aliphatic heterocycles. The van der Waals surface area contributed by atoms with E-state index in [-0.39, 0.29) is 5.78 Å². The molecule has 0 radical (unpaired) electrons. The summed E-state index contributed by atoms with van der Waals surface area (Å²) < 4.78 is 0. The molecule has 1 aromatic heterocycles. The number of hydrogen-bond donors (Lipinski definition) is 1. The number of hydrogen-bond acceptors (Lipinski definition) is 3. The summed E-state index contributed by atoms with van der Waals surface area (Å²) in [6.07, 6.45) is 5.19. The van der Waals surface area contributed by atoms with Crippen molar-refractivity contribution in [3.8, 4) is 0 Å². The maximum Gasteiger partial charge on any atom is 0.169 e. The monoisotopic (exact) mass is 209 g/mol. The van der Waals surface area contributed by atoms with Crippen LogP contribution < -0.4 is 5.32 Å². The van der Waals surface area contributed by atoms with E-state index in [1.54, 1.807) is 6.92 Å². The number of carbonyl (C=O) groups excluding carboxylic acids is 1. The minimum absolute atomic E-state index is 0.143. The first-order valence-electron chi connectivity index (χ1n) is 4.64. The molecule has 0 saturated heterocycles. The summed E-state index contributed by atoms with van der Waals surface area (Å²) in [5, 5.41) is 5.08. The molecule has 0 unspecified atom stereocenters. The lowest BCUT2D eigenvalue weighted by Crippen LogP contribution is -2.05. The third-order valence-corrected chi connectivity index (χ3v) is 2.89. The van der Waals surface area contributed by atoms with Crippen LogP contribution in [0.4, 0.5) is 0 Å².